The van der Waals surface area contributed by atoms with Gasteiger partial charge in [0.2, 0.25) is 10.0 Å². The van der Waals surface area contributed by atoms with E-state index < -0.39 is 26.7 Å². The van der Waals surface area contributed by atoms with E-state index in [0.717, 1.165) is 10.4 Å². The van der Waals surface area contributed by atoms with E-state index in [9.17, 15) is 18.5 Å². The van der Waals surface area contributed by atoms with E-state index in [1.807, 2.05) is 0 Å². The fourth-order valence-electron chi connectivity index (χ4n) is 1.39. The van der Waals surface area contributed by atoms with Crippen molar-refractivity contribution in [1.29, 1.82) is 0 Å². The normalized spacial score (nSPS) is 12.8. The van der Waals surface area contributed by atoms with E-state index in [0.29, 0.717) is 4.47 Å². The van der Waals surface area contributed by atoms with Crippen LogP contribution >= 0.6 is 28.3 Å². The number of nitrogens with two attached hydrogens (primary N) is 1. The number of nitro benzene ring substituents is 1. The van der Waals surface area contributed by atoms with Gasteiger partial charge in [0, 0.05) is 30.2 Å². The van der Waals surface area contributed by atoms with Crippen LogP contribution in [-0.4, -0.2) is 37.3 Å². The van der Waals surface area contributed by atoms with Crippen LogP contribution in [0.4, 0.5) is 5.69 Å². The first kappa shape index (κ1) is 19.3. The Hall–Kier alpha value is -0.740. The Morgan fingerprint density at radius 3 is 2.50 bits per heavy atom. The van der Waals surface area contributed by atoms with Gasteiger partial charge >= 0.3 is 0 Å². The molecule has 114 valence electrons. The van der Waals surface area contributed by atoms with Crippen molar-refractivity contribution in [1.82, 2.24) is 4.31 Å². The number of hydrogen-bond acceptors (Lipinski definition) is 5. The first-order valence-corrected chi connectivity index (χ1v) is 7.57. The number of rotatable bonds is 5. The number of nitrogens with zero attached hydrogens (tertiary/aromatic N) is 2. The van der Waals surface area contributed by atoms with Crippen LogP contribution < -0.4 is 5.73 Å². The Balaban J connectivity index is 0.00000361. The van der Waals surface area contributed by atoms with E-state index in [-0.39, 0.29) is 23.8 Å². The number of nitro groups is 1. The summed E-state index contributed by atoms with van der Waals surface area (Å²) in [6, 6.07) is 3.33. The summed E-state index contributed by atoms with van der Waals surface area (Å²) in [5.41, 5.74) is 4.97. The first-order valence-electron chi connectivity index (χ1n) is 5.34. The van der Waals surface area contributed by atoms with Crippen molar-refractivity contribution in [2.24, 2.45) is 5.73 Å². The molecule has 1 unspecified atom stereocenters. The third kappa shape index (κ3) is 3.89. The first-order chi connectivity index (χ1) is 8.71. The topological polar surface area (TPSA) is 107 Å². The van der Waals surface area contributed by atoms with Crippen molar-refractivity contribution in [2.75, 3.05) is 13.6 Å². The average Bonchev–Trinajstić information content (AvgIpc) is 2.36. The van der Waals surface area contributed by atoms with Gasteiger partial charge in [-0.25, -0.2) is 8.42 Å². The SMILES string of the molecule is CC(CN)N(C)S(=O)(=O)c1cc(Br)ccc1[N+](=O)[O-].Cl. The Morgan fingerprint density at radius 2 is 2.05 bits per heavy atom. The molecule has 0 fully saturated rings. The standard InChI is InChI=1S/C10H14BrN3O4S.ClH/c1-7(6-12)13(2)19(17,18)10-5-8(11)3-4-9(10)14(15)16;/h3-5,7H,6,12H2,1-2H3;1H. The van der Waals surface area contributed by atoms with Crippen LogP contribution in [0.3, 0.4) is 0 Å². The molecule has 0 aromatic heterocycles. The molecular weight excluding hydrogens is 374 g/mol. The molecule has 0 aliphatic rings. The van der Waals surface area contributed by atoms with E-state index >= 15 is 0 Å². The highest BCUT2D eigenvalue weighted by Gasteiger charge is 2.31. The van der Waals surface area contributed by atoms with Crippen molar-refractivity contribution in [3.8, 4) is 0 Å². The molecule has 10 heteroatoms. The van der Waals surface area contributed by atoms with Gasteiger partial charge in [-0.05, 0) is 19.1 Å². The highest BCUT2D eigenvalue weighted by Crippen LogP contribution is 2.29. The van der Waals surface area contributed by atoms with E-state index in [1.54, 1.807) is 6.92 Å². The number of sulfonamides is 1. The highest BCUT2D eigenvalue weighted by molar-refractivity contribution is 9.10. The zero-order valence-corrected chi connectivity index (χ0v) is 14.0. The molecule has 0 radical (unpaired) electrons. The summed E-state index contributed by atoms with van der Waals surface area (Å²) in [6.07, 6.45) is 0. The van der Waals surface area contributed by atoms with Crippen molar-refractivity contribution in [3.05, 3.63) is 32.8 Å². The quantitative estimate of drug-likeness (QED) is 0.611. The Kier molecular flexibility index (Phi) is 7.05. The maximum Gasteiger partial charge on any atom is 0.289 e. The van der Waals surface area contributed by atoms with Gasteiger partial charge in [0.25, 0.3) is 5.69 Å². The monoisotopic (exact) mass is 387 g/mol. The molecule has 1 aromatic rings. The molecule has 1 atom stereocenters. The van der Waals surface area contributed by atoms with Crippen LogP contribution in [0.2, 0.25) is 0 Å². The average molecular weight is 389 g/mol. The molecule has 1 rings (SSSR count). The lowest BCUT2D eigenvalue weighted by molar-refractivity contribution is -0.387. The van der Waals surface area contributed by atoms with E-state index in [4.69, 9.17) is 5.73 Å². The molecule has 0 heterocycles. The molecule has 0 bridgehead atoms. The van der Waals surface area contributed by atoms with Crippen molar-refractivity contribution >= 4 is 44.0 Å². The molecule has 0 spiro atoms. The number of hydrogen-bond donors (Lipinski definition) is 1. The van der Waals surface area contributed by atoms with Crippen LogP contribution in [0.25, 0.3) is 0 Å². The molecule has 0 saturated heterocycles. The molecule has 0 amide bonds. The molecule has 7 nitrogen and oxygen atoms in total. The lowest BCUT2D eigenvalue weighted by Gasteiger charge is -2.22. The fraction of sp³-hybridized carbons (Fsp3) is 0.400. The number of benzene rings is 1. The molecule has 1 aromatic carbocycles. The second-order valence-electron chi connectivity index (χ2n) is 3.98. The van der Waals surface area contributed by atoms with E-state index in [1.165, 1.54) is 19.2 Å². The summed E-state index contributed by atoms with van der Waals surface area (Å²) < 4.78 is 26.2. The third-order valence-corrected chi connectivity index (χ3v) is 5.23. The summed E-state index contributed by atoms with van der Waals surface area (Å²) in [4.78, 5) is 9.85. The summed E-state index contributed by atoms with van der Waals surface area (Å²) in [6.45, 7) is 1.75. The smallest absolute Gasteiger partial charge is 0.289 e. The summed E-state index contributed by atoms with van der Waals surface area (Å²) in [5, 5.41) is 10.9. The molecule has 20 heavy (non-hydrogen) atoms. The zero-order valence-electron chi connectivity index (χ0n) is 10.8. The van der Waals surface area contributed by atoms with Gasteiger partial charge in [0.15, 0.2) is 4.90 Å². The van der Waals surface area contributed by atoms with Gasteiger partial charge in [0.05, 0.1) is 4.92 Å². The lowest BCUT2D eigenvalue weighted by atomic mass is 10.3. The van der Waals surface area contributed by atoms with Crippen LogP contribution in [0.15, 0.2) is 27.6 Å². The Morgan fingerprint density at radius 1 is 1.50 bits per heavy atom. The predicted octanol–water partition coefficient (Wildman–Crippen LogP) is 1.75. The maximum atomic E-state index is 12.4. The second-order valence-corrected chi connectivity index (χ2v) is 6.86. The van der Waals surface area contributed by atoms with Crippen molar-refractivity contribution in [2.45, 2.75) is 17.9 Å². The maximum absolute atomic E-state index is 12.4. The minimum absolute atomic E-state index is 0. The van der Waals surface area contributed by atoms with Crippen LogP contribution in [0, 0.1) is 10.1 Å². The summed E-state index contributed by atoms with van der Waals surface area (Å²) >= 11 is 3.11. The van der Waals surface area contributed by atoms with Crippen LogP contribution in [0.5, 0.6) is 0 Å². The van der Waals surface area contributed by atoms with E-state index in [2.05, 4.69) is 15.9 Å². The minimum atomic E-state index is -3.97. The minimum Gasteiger partial charge on any atom is -0.329 e. The van der Waals surface area contributed by atoms with Gasteiger partial charge in [-0.15, -0.1) is 12.4 Å². The van der Waals surface area contributed by atoms with Gasteiger partial charge < -0.3 is 5.73 Å². The fourth-order valence-corrected chi connectivity index (χ4v) is 3.45. The molecule has 0 aliphatic heterocycles. The van der Waals surface area contributed by atoms with Crippen molar-refractivity contribution in [3.63, 3.8) is 0 Å². The highest BCUT2D eigenvalue weighted by atomic mass is 79.9. The predicted molar refractivity (Wildman–Crippen MR) is 81.5 cm³/mol. The van der Waals surface area contributed by atoms with Crippen LogP contribution in [0.1, 0.15) is 6.92 Å². The third-order valence-electron chi connectivity index (χ3n) is 2.74. The Bertz CT molecular complexity index is 596. The molecular formula is C10H15BrClN3O4S. The molecule has 2 N–H and O–H groups in total. The van der Waals surface area contributed by atoms with Crippen molar-refractivity contribution < 1.29 is 13.3 Å². The largest absolute Gasteiger partial charge is 0.329 e. The summed E-state index contributed by atoms with van der Waals surface area (Å²) in [5.74, 6) is 0. The van der Waals surface area contributed by atoms with Gasteiger partial charge in [-0.2, -0.15) is 4.31 Å². The summed E-state index contributed by atoms with van der Waals surface area (Å²) in [7, 11) is -2.62. The Labute approximate surface area is 131 Å². The second kappa shape index (κ2) is 7.32. The molecule has 0 aliphatic carbocycles. The van der Waals surface area contributed by atoms with Crippen LogP contribution in [-0.2, 0) is 10.0 Å². The molecule has 0 saturated carbocycles. The van der Waals surface area contributed by atoms with Gasteiger partial charge in [-0.3, -0.25) is 10.1 Å². The zero-order chi connectivity index (χ0) is 14.8. The number of halogens is 2. The lowest BCUT2D eigenvalue weighted by Crippen LogP contribution is -2.39. The number of likely N-dealkylation sites (N-methyl/N-ethyl adjacent to an activating group) is 1. The van der Waals surface area contributed by atoms with Gasteiger partial charge in [0.1, 0.15) is 0 Å². The van der Waals surface area contributed by atoms with Gasteiger partial charge in [-0.1, -0.05) is 15.9 Å².